The number of halogens is 3. The van der Waals surface area contributed by atoms with Gasteiger partial charge >= 0.3 is 18.1 Å². The molecule has 0 rings (SSSR count). The standard InChI is InChI=1S/C10H14F3N3O7/c11-10(12,13)9(22)23-3-5(8(20)21)16-7(19)4(2-17)15-6(18)1-14/h4-5,17H,1-3,14H2,(H,15,18)(H,16,19)(H,20,21)/t4-,5-/m0/s1. The van der Waals surface area contributed by atoms with Gasteiger partial charge in [-0.15, -0.1) is 0 Å². The maximum atomic E-state index is 11.9. The number of ether oxygens (including phenoxy) is 1. The molecule has 0 fully saturated rings. The van der Waals surface area contributed by atoms with E-state index in [9.17, 15) is 32.3 Å². The fraction of sp³-hybridized carbons (Fsp3) is 0.600. The van der Waals surface area contributed by atoms with Gasteiger partial charge in [-0.2, -0.15) is 13.2 Å². The van der Waals surface area contributed by atoms with E-state index in [1.807, 2.05) is 5.32 Å². The molecule has 0 aliphatic rings. The lowest BCUT2D eigenvalue weighted by Crippen LogP contribution is -2.55. The minimum absolute atomic E-state index is 0.519. The Morgan fingerprint density at radius 1 is 1.13 bits per heavy atom. The van der Waals surface area contributed by atoms with Gasteiger partial charge in [0, 0.05) is 0 Å². The Morgan fingerprint density at radius 2 is 1.70 bits per heavy atom. The smallest absolute Gasteiger partial charge is 0.480 e. The molecule has 0 radical (unpaired) electrons. The Hall–Kier alpha value is -2.41. The van der Waals surface area contributed by atoms with E-state index in [-0.39, 0.29) is 0 Å². The first-order valence-electron chi connectivity index (χ1n) is 5.90. The molecule has 0 aromatic rings. The molecule has 0 spiro atoms. The third-order valence-electron chi connectivity index (χ3n) is 2.25. The van der Waals surface area contributed by atoms with E-state index >= 15 is 0 Å². The SMILES string of the molecule is NCC(=O)N[C@@H](CO)C(=O)N[C@@H](COC(=O)C(F)(F)F)C(=O)O. The van der Waals surface area contributed by atoms with Gasteiger partial charge in [0.1, 0.15) is 12.6 Å². The third-order valence-corrected chi connectivity index (χ3v) is 2.25. The summed E-state index contributed by atoms with van der Waals surface area (Å²) in [6.45, 7) is -2.75. The number of rotatable bonds is 8. The number of carboxylic acid groups (broad SMARTS) is 1. The molecule has 0 aliphatic heterocycles. The third kappa shape index (κ3) is 7.42. The first-order valence-corrected chi connectivity index (χ1v) is 5.90. The van der Waals surface area contributed by atoms with Gasteiger partial charge < -0.3 is 31.3 Å². The monoisotopic (exact) mass is 345 g/mol. The van der Waals surface area contributed by atoms with E-state index in [1.165, 1.54) is 0 Å². The summed E-state index contributed by atoms with van der Waals surface area (Å²) in [5.74, 6) is -6.48. The van der Waals surface area contributed by atoms with Crippen molar-refractivity contribution in [2.45, 2.75) is 18.3 Å². The number of carboxylic acids is 1. The van der Waals surface area contributed by atoms with Crippen molar-refractivity contribution in [1.29, 1.82) is 0 Å². The van der Waals surface area contributed by atoms with Crippen molar-refractivity contribution < 1.29 is 47.3 Å². The molecule has 0 aliphatic carbocycles. The van der Waals surface area contributed by atoms with Gasteiger partial charge in [0.2, 0.25) is 11.8 Å². The molecule has 0 unspecified atom stereocenters. The molecule has 2 atom stereocenters. The molecule has 23 heavy (non-hydrogen) atoms. The Kier molecular flexibility index (Phi) is 7.96. The van der Waals surface area contributed by atoms with Crippen LogP contribution in [-0.4, -0.2) is 72.0 Å². The Labute approximate surface area is 126 Å². The van der Waals surface area contributed by atoms with E-state index < -0.39 is 61.8 Å². The van der Waals surface area contributed by atoms with Gasteiger partial charge in [-0.1, -0.05) is 0 Å². The van der Waals surface area contributed by atoms with Crippen molar-refractivity contribution in [2.75, 3.05) is 19.8 Å². The molecule has 10 nitrogen and oxygen atoms in total. The van der Waals surface area contributed by atoms with Gasteiger partial charge in [0.25, 0.3) is 0 Å². The van der Waals surface area contributed by atoms with E-state index in [1.54, 1.807) is 5.32 Å². The van der Waals surface area contributed by atoms with Crippen LogP contribution in [0.15, 0.2) is 0 Å². The van der Waals surface area contributed by atoms with E-state index in [0.29, 0.717) is 0 Å². The topological polar surface area (TPSA) is 168 Å². The van der Waals surface area contributed by atoms with Crippen molar-refractivity contribution in [3.63, 3.8) is 0 Å². The summed E-state index contributed by atoms with van der Waals surface area (Å²) in [7, 11) is 0. The number of hydrogen-bond donors (Lipinski definition) is 5. The van der Waals surface area contributed by atoms with Crippen LogP contribution >= 0.6 is 0 Å². The van der Waals surface area contributed by atoms with Crippen molar-refractivity contribution in [2.24, 2.45) is 5.73 Å². The predicted molar refractivity (Wildman–Crippen MR) is 64.7 cm³/mol. The van der Waals surface area contributed by atoms with Gasteiger partial charge in [-0.05, 0) is 0 Å². The lowest BCUT2D eigenvalue weighted by Gasteiger charge is -2.19. The number of aliphatic hydroxyl groups is 1. The van der Waals surface area contributed by atoms with Gasteiger partial charge in [0.15, 0.2) is 6.04 Å². The predicted octanol–water partition coefficient (Wildman–Crippen LogP) is -2.90. The van der Waals surface area contributed by atoms with Crippen molar-refractivity contribution >= 4 is 23.8 Å². The van der Waals surface area contributed by atoms with Gasteiger partial charge in [-0.25, -0.2) is 9.59 Å². The quantitative estimate of drug-likeness (QED) is 0.292. The molecule has 6 N–H and O–H groups in total. The maximum Gasteiger partial charge on any atom is 0.490 e. The number of nitrogens with two attached hydrogens (primary N) is 1. The zero-order valence-electron chi connectivity index (χ0n) is 11.4. The fourth-order valence-corrected chi connectivity index (χ4v) is 1.14. The molecule has 0 saturated carbocycles. The second kappa shape index (κ2) is 8.89. The first kappa shape index (κ1) is 20.6. The van der Waals surface area contributed by atoms with Gasteiger partial charge in [-0.3, -0.25) is 9.59 Å². The van der Waals surface area contributed by atoms with Crippen molar-refractivity contribution in [3.8, 4) is 0 Å². The number of aliphatic carboxylic acids is 1. The van der Waals surface area contributed by atoms with Gasteiger partial charge in [0.05, 0.1) is 13.2 Å². The van der Waals surface area contributed by atoms with Crippen molar-refractivity contribution in [1.82, 2.24) is 10.6 Å². The van der Waals surface area contributed by atoms with E-state index in [4.69, 9.17) is 15.9 Å². The highest BCUT2D eigenvalue weighted by atomic mass is 19.4. The molecule has 0 saturated heterocycles. The maximum absolute atomic E-state index is 11.9. The summed E-state index contributed by atoms with van der Waals surface area (Å²) in [5.41, 5.74) is 4.96. The second-order valence-corrected chi connectivity index (χ2v) is 4.00. The molecule has 0 bridgehead atoms. The number of amides is 2. The highest BCUT2D eigenvalue weighted by Crippen LogP contribution is 2.16. The van der Waals surface area contributed by atoms with Crippen LogP contribution in [0.4, 0.5) is 13.2 Å². The molecule has 0 heterocycles. The number of hydrogen-bond acceptors (Lipinski definition) is 7. The molecular weight excluding hydrogens is 331 g/mol. The first-order chi connectivity index (χ1) is 10.5. The normalized spacial score (nSPS) is 13.6. The number of esters is 1. The summed E-state index contributed by atoms with van der Waals surface area (Å²) >= 11 is 0. The molecule has 0 aromatic heterocycles. The molecule has 0 aromatic carbocycles. The van der Waals surface area contributed by atoms with Crippen molar-refractivity contribution in [3.05, 3.63) is 0 Å². The van der Waals surface area contributed by atoms with Crippen LogP contribution < -0.4 is 16.4 Å². The highest BCUT2D eigenvalue weighted by molar-refractivity contribution is 5.91. The summed E-state index contributed by atoms with van der Waals surface area (Å²) in [6, 6.07) is -3.59. The number of carbonyl (C=O) groups excluding carboxylic acids is 3. The zero-order valence-corrected chi connectivity index (χ0v) is 11.4. The second-order valence-electron chi connectivity index (χ2n) is 4.00. The Morgan fingerprint density at radius 3 is 2.09 bits per heavy atom. The Bertz CT molecular complexity index is 469. The van der Waals surface area contributed by atoms with Crippen LogP contribution in [0.5, 0.6) is 0 Å². The summed E-state index contributed by atoms with van der Waals surface area (Å²) in [4.78, 5) is 43.9. The average Bonchev–Trinajstić information content (AvgIpc) is 2.46. The fourth-order valence-electron chi connectivity index (χ4n) is 1.14. The van der Waals surface area contributed by atoms with Crippen LogP contribution in [0.2, 0.25) is 0 Å². The van der Waals surface area contributed by atoms with Crippen LogP contribution in [0.1, 0.15) is 0 Å². The van der Waals surface area contributed by atoms with E-state index in [0.717, 1.165) is 0 Å². The number of alkyl halides is 3. The average molecular weight is 345 g/mol. The summed E-state index contributed by atoms with van der Waals surface area (Å²) in [6.07, 6.45) is -5.32. The Balaban J connectivity index is 4.74. The molecule has 13 heteroatoms. The number of nitrogens with one attached hydrogen (secondary N) is 2. The highest BCUT2D eigenvalue weighted by Gasteiger charge is 2.41. The lowest BCUT2D eigenvalue weighted by molar-refractivity contribution is -0.200. The number of aliphatic hydroxyl groups excluding tert-OH is 1. The summed E-state index contributed by atoms with van der Waals surface area (Å²) in [5, 5.41) is 21.3. The lowest BCUT2D eigenvalue weighted by atomic mass is 10.2. The van der Waals surface area contributed by atoms with Crippen LogP contribution in [0.25, 0.3) is 0 Å². The minimum Gasteiger partial charge on any atom is -0.480 e. The van der Waals surface area contributed by atoms with Crippen LogP contribution in [0.3, 0.4) is 0 Å². The van der Waals surface area contributed by atoms with E-state index in [2.05, 4.69) is 4.74 Å². The van der Waals surface area contributed by atoms with Crippen LogP contribution in [0, 0.1) is 0 Å². The largest absolute Gasteiger partial charge is 0.490 e. The number of carbonyl (C=O) groups is 4. The molecule has 2 amide bonds. The summed E-state index contributed by atoms with van der Waals surface area (Å²) < 4.78 is 39.5. The molecule has 132 valence electrons. The minimum atomic E-state index is -5.32. The van der Waals surface area contributed by atoms with Crippen LogP contribution in [-0.2, 0) is 23.9 Å². The zero-order chi connectivity index (χ0) is 18.2. The molecular formula is C10H14F3N3O7.